The van der Waals surface area contributed by atoms with Gasteiger partial charge in [0, 0.05) is 11.1 Å². The third-order valence-electron chi connectivity index (χ3n) is 1.55. The molecule has 0 saturated heterocycles. The Morgan fingerprint density at radius 2 is 2.08 bits per heavy atom. The van der Waals surface area contributed by atoms with Crippen molar-refractivity contribution in [1.29, 1.82) is 0 Å². The number of H-pyrrole nitrogens is 1. The Bertz CT molecular complexity index is 338. The Morgan fingerprint density at radius 1 is 1.50 bits per heavy atom. The number of halogens is 1. The maximum absolute atomic E-state index is 5.03. The van der Waals surface area contributed by atoms with E-state index in [9.17, 15) is 0 Å². The van der Waals surface area contributed by atoms with Gasteiger partial charge in [-0.1, -0.05) is 33.0 Å². The number of nitrogens with one attached hydrogen (secondary N) is 1. The average Bonchev–Trinajstić information content (AvgIpc) is 1.92. The minimum Gasteiger partial charge on any atom is -0.348 e. The maximum Gasteiger partial charge on any atom is 0.143 e. The zero-order chi connectivity index (χ0) is 9.35. The Kier molecular flexibility index (Phi) is 2.68. The van der Waals surface area contributed by atoms with Crippen molar-refractivity contribution in [1.82, 2.24) is 9.97 Å². The van der Waals surface area contributed by atoms with E-state index < -0.39 is 0 Å². The van der Waals surface area contributed by atoms with Crippen molar-refractivity contribution >= 4 is 28.1 Å². The van der Waals surface area contributed by atoms with E-state index in [1.54, 1.807) is 6.33 Å². The molecular weight excluding hydrogens is 236 g/mol. The molecule has 0 saturated carbocycles. The molecule has 1 aromatic rings. The molecule has 0 bridgehead atoms. The van der Waals surface area contributed by atoms with Crippen molar-refractivity contribution in [2.24, 2.45) is 0 Å². The second-order valence-electron chi connectivity index (χ2n) is 3.65. The molecule has 0 aliphatic heterocycles. The van der Waals surface area contributed by atoms with E-state index >= 15 is 0 Å². The van der Waals surface area contributed by atoms with Gasteiger partial charge in [0.25, 0.3) is 0 Å². The molecule has 4 heteroatoms. The summed E-state index contributed by atoms with van der Waals surface area (Å²) in [7, 11) is 0. The number of aromatic amines is 1. The molecule has 0 aliphatic carbocycles. The molecular formula is C8H11BrN2S. The summed E-state index contributed by atoms with van der Waals surface area (Å²) >= 11 is 8.45. The quantitative estimate of drug-likeness (QED) is 0.713. The molecule has 12 heavy (non-hydrogen) atoms. The van der Waals surface area contributed by atoms with Crippen molar-refractivity contribution < 1.29 is 0 Å². The molecule has 2 nitrogen and oxygen atoms in total. The monoisotopic (exact) mass is 246 g/mol. The van der Waals surface area contributed by atoms with E-state index in [2.05, 4.69) is 46.7 Å². The summed E-state index contributed by atoms with van der Waals surface area (Å²) in [5.74, 6) is 0. The normalized spacial score (nSPS) is 11.7. The van der Waals surface area contributed by atoms with Gasteiger partial charge in [0.15, 0.2) is 0 Å². The Hall–Kier alpha value is -0.220. The lowest BCUT2D eigenvalue weighted by molar-refractivity contribution is 0.562. The summed E-state index contributed by atoms with van der Waals surface area (Å²) in [5, 5.41) is 0. The third-order valence-corrected chi connectivity index (χ3v) is 2.89. The van der Waals surface area contributed by atoms with E-state index in [0.29, 0.717) is 4.64 Å². The topological polar surface area (TPSA) is 28.7 Å². The SMILES string of the molecule is CC(C)(C)c1[nH]cnc(=S)c1Br. The van der Waals surface area contributed by atoms with Gasteiger partial charge in [-0.25, -0.2) is 4.98 Å². The van der Waals surface area contributed by atoms with Gasteiger partial charge in [-0.05, 0) is 15.9 Å². The van der Waals surface area contributed by atoms with Gasteiger partial charge < -0.3 is 4.98 Å². The molecule has 66 valence electrons. The number of nitrogens with zero attached hydrogens (tertiary/aromatic N) is 1. The van der Waals surface area contributed by atoms with Gasteiger partial charge in [-0.15, -0.1) is 0 Å². The highest BCUT2D eigenvalue weighted by Gasteiger charge is 2.18. The van der Waals surface area contributed by atoms with Crippen LogP contribution in [0.2, 0.25) is 0 Å². The highest BCUT2D eigenvalue weighted by molar-refractivity contribution is 9.10. The molecule has 0 unspecified atom stereocenters. The van der Waals surface area contributed by atoms with Crippen LogP contribution < -0.4 is 0 Å². The van der Waals surface area contributed by atoms with E-state index in [1.807, 2.05) is 0 Å². The fraction of sp³-hybridized carbons (Fsp3) is 0.500. The molecule has 1 heterocycles. The molecule has 0 fully saturated rings. The van der Waals surface area contributed by atoms with E-state index in [1.165, 1.54) is 0 Å². The van der Waals surface area contributed by atoms with E-state index in [4.69, 9.17) is 12.2 Å². The second kappa shape index (κ2) is 3.26. The van der Waals surface area contributed by atoms with Crippen molar-refractivity contribution in [2.75, 3.05) is 0 Å². The fourth-order valence-electron chi connectivity index (χ4n) is 0.928. The van der Waals surface area contributed by atoms with Crippen LogP contribution in [0.15, 0.2) is 10.8 Å². The second-order valence-corrected chi connectivity index (χ2v) is 4.83. The first-order valence-corrected chi connectivity index (χ1v) is 4.86. The van der Waals surface area contributed by atoms with Crippen LogP contribution in [-0.2, 0) is 5.41 Å². The van der Waals surface area contributed by atoms with Crippen molar-refractivity contribution in [3.63, 3.8) is 0 Å². The summed E-state index contributed by atoms with van der Waals surface area (Å²) < 4.78 is 1.51. The zero-order valence-corrected chi connectivity index (χ0v) is 9.71. The van der Waals surface area contributed by atoms with Gasteiger partial charge in [-0.2, -0.15) is 0 Å². The predicted octanol–water partition coefficient (Wildman–Crippen LogP) is 3.20. The first-order chi connectivity index (χ1) is 5.43. The fourth-order valence-corrected chi connectivity index (χ4v) is 1.89. The van der Waals surface area contributed by atoms with Crippen LogP contribution in [-0.4, -0.2) is 9.97 Å². The lowest BCUT2D eigenvalue weighted by Gasteiger charge is -2.19. The van der Waals surface area contributed by atoms with Crippen LogP contribution in [0.25, 0.3) is 0 Å². The van der Waals surface area contributed by atoms with Crippen molar-refractivity contribution in [3.05, 3.63) is 21.1 Å². The van der Waals surface area contributed by atoms with Gasteiger partial charge >= 0.3 is 0 Å². The number of rotatable bonds is 0. The van der Waals surface area contributed by atoms with E-state index in [-0.39, 0.29) is 5.41 Å². The first kappa shape index (κ1) is 9.86. The standard InChI is InChI=1S/C8H11BrN2S/c1-8(2,3)6-5(9)7(12)11-4-10-6/h4H,1-3H3,(H,10,11,12). The largest absolute Gasteiger partial charge is 0.348 e. The predicted molar refractivity (Wildman–Crippen MR) is 55.8 cm³/mol. The van der Waals surface area contributed by atoms with Crippen molar-refractivity contribution in [2.45, 2.75) is 26.2 Å². The first-order valence-electron chi connectivity index (χ1n) is 3.66. The number of hydrogen-bond acceptors (Lipinski definition) is 2. The smallest absolute Gasteiger partial charge is 0.143 e. The molecule has 0 aromatic carbocycles. The van der Waals surface area contributed by atoms with Crippen LogP contribution in [0.5, 0.6) is 0 Å². The van der Waals surface area contributed by atoms with E-state index in [0.717, 1.165) is 10.2 Å². The van der Waals surface area contributed by atoms with Crippen molar-refractivity contribution in [3.8, 4) is 0 Å². The highest BCUT2D eigenvalue weighted by atomic mass is 79.9. The highest BCUT2D eigenvalue weighted by Crippen LogP contribution is 2.27. The van der Waals surface area contributed by atoms with Crippen LogP contribution in [0.1, 0.15) is 26.5 Å². The van der Waals surface area contributed by atoms with Crippen LogP contribution in [0.3, 0.4) is 0 Å². The van der Waals surface area contributed by atoms with Gasteiger partial charge in [0.2, 0.25) is 0 Å². The zero-order valence-electron chi connectivity index (χ0n) is 7.31. The summed E-state index contributed by atoms with van der Waals surface area (Å²) in [4.78, 5) is 7.06. The third kappa shape index (κ3) is 1.93. The minimum absolute atomic E-state index is 0.0648. The van der Waals surface area contributed by atoms with Gasteiger partial charge in [0.05, 0.1) is 10.8 Å². The minimum atomic E-state index is 0.0648. The molecule has 1 N–H and O–H groups in total. The summed E-state index contributed by atoms with van der Waals surface area (Å²) in [6, 6.07) is 0. The molecule has 0 radical (unpaired) electrons. The van der Waals surface area contributed by atoms with Gasteiger partial charge in [0.1, 0.15) is 4.64 Å². The lowest BCUT2D eigenvalue weighted by Crippen LogP contribution is -2.14. The van der Waals surface area contributed by atoms with Crippen LogP contribution >= 0.6 is 28.1 Å². The summed E-state index contributed by atoms with van der Waals surface area (Å²) in [5.41, 5.74) is 1.15. The molecule has 0 amide bonds. The molecule has 1 aromatic heterocycles. The molecule has 0 atom stereocenters. The number of hydrogen-bond donors (Lipinski definition) is 1. The Balaban J connectivity index is 3.36. The average molecular weight is 247 g/mol. The lowest BCUT2D eigenvalue weighted by atomic mass is 9.92. The molecule has 1 rings (SSSR count). The summed E-state index contributed by atoms with van der Waals surface area (Å²) in [6.45, 7) is 6.37. The Morgan fingerprint density at radius 3 is 2.50 bits per heavy atom. The Labute approximate surface area is 85.6 Å². The van der Waals surface area contributed by atoms with Gasteiger partial charge in [-0.3, -0.25) is 0 Å². The number of aromatic nitrogens is 2. The van der Waals surface area contributed by atoms with Crippen LogP contribution in [0, 0.1) is 4.64 Å². The summed E-state index contributed by atoms with van der Waals surface area (Å²) in [6.07, 6.45) is 1.63. The maximum atomic E-state index is 5.03. The molecule has 0 spiro atoms. The molecule has 0 aliphatic rings. The van der Waals surface area contributed by atoms with Crippen LogP contribution in [0.4, 0.5) is 0 Å².